The highest BCUT2D eigenvalue weighted by molar-refractivity contribution is 4.85. The van der Waals surface area contributed by atoms with Gasteiger partial charge in [-0.25, -0.2) is 0 Å². The van der Waals surface area contributed by atoms with Gasteiger partial charge >= 0.3 is 0 Å². The molecule has 1 N–H and O–H groups in total. The zero-order valence-corrected chi connectivity index (χ0v) is 6.29. The van der Waals surface area contributed by atoms with Crippen molar-refractivity contribution >= 4 is 0 Å². The number of aliphatic hydroxyl groups is 1. The van der Waals surface area contributed by atoms with Gasteiger partial charge < -0.3 is 5.11 Å². The first-order valence-electron chi connectivity index (χ1n) is 3.91. The van der Waals surface area contributed by atoms with Gasteiger partial charge in [0, 0.05) is 6.54 Å². The van der Waals surface area contributed by atoms with Gasteiger partial charge in [-0.05, 0) is 25.9 Å². The number of likely N-dealkylation sites (tertiary alicyclic amines) is 1. The third kappa shape index (κ3) is 2.50. The van der Waals surface area contributed by atoms with Crippen LogP contribution in [0.1, 0.15) is 12.8 Å². The lowest BCUT2D eigenvalue weighted by Gasteiger charge is -2.09. The average Bonchev–Trinajstić information content (AvgIpc) is 2.41. The molecule has 0 amide bonds. The van der Waals surface area contributed by atoms with Crippen molar-refractivity contribution in [2.24, 2.45) is 0 Å². The summed E-state index contributed by atoms with van der Waals surface area (Å²) in [6.07, 6.45) is 6.52. The highest BCUT2D eigenvalue weighted by Crippen LogP contribution is 2.05. The minimum Gasteiger partial charge on any atom is -0.392 e. The van der Waals surface area contributed by atoms with Gasteiger partial charge in [0.05, 0.1) is 6.61 Å². The largest absolute Gasteiger partial charge is 0.392 e. The molecule has 1 fully saturated rings. The van der Waals surface area contributed by atoms with Crippen LogP contribution in [0.25, 0.3) is 0 Å². The second-order valence-corrected chi connectivity index (χ2v) is 2.66. The van der Waals surface area contributed by atoms with Gasteiger partial charge in [-0.15, -0.1) is 0 Å². The Labute approximate surface area is 62.2 Å². The number of rotatable bonds is 3. The fraction of sp³-hybridized carbons (Fsp3) is 0.750. The molecular formula is C8H15NO. The zero-order valence-electron chi connectivity index (χ0n) is 6.29. The second kappa shape index (κ2) is 4.47. The van der Waals surface area contributed by atoms with E-state index in [9.17, 15) is 0 Å². The lowest BCUT2D eigenvalue weighted by molar-refractivity contribution is 0.339. The van der Waals surface area contributed by atoms with Crippen LogP contribution in [-0.4, -0.2) is 36.2 Å². The number of nitrogens with zero attached hydrogens (tertiary/aromatic N) is 1. The van der Waals surface area contributed by atoms with Crippen molar-refractivity contribution < 1.29 is 5.11 Å². The molecule has 0 saturated carbocycles. The van der Waals surface area contributed by atoms with Gasteiger partial charge in [0.15, 0.2) is 0 Å². The Kier molecular flexibility index (Phi) is 3.47. The van der Waals surface area contributed by atoms with Crippen molar-refractivity contribution in [3.05, 3.63) is 12.2 Å². The van der Waals surface area contributed by atoms with Gasteiger partial charge in [-0.2, -0.15) is 0 Å². The minimum absolute atomic E-state index is 0.174. The molecule has 0 radical (unpaired) electrons. The van der Waals surface area contributed by atoms with Gasteiger partial charge in [0.1, 0.15) is 0 Å². The summed E-state index contributed by atoms with van der Waals surface area (Å²) in [4.78, 5) is 2.40. The first kappa shape index (κ1) is 7.76. The summed E-state index contributed by atoms with van der Waals surface area (Å²) in [5.41, 5.74) is 0. The summed E-state index contributed by atoms with van der Waals surface area (Å²) in [6, 6.07) is 0. The molecule has 0 unspecified atom stereocenters. The molecule has 1 heterocycles. The molecule has 0 atom stereocenters. The van der Waals surface area contributed by atoms with Gasteiger partial charge in [0.2, 0.25) is 0 Å². The monoisotopic (exact) mass is 141 g/mol. The van der Waals surface area contributed by atoms with E-state index in [1.165, 1.54) is 25.9 Å². The molecule has 1 aliphatic rings. The Balaban J connectivity index is 2.06. The van der Waals surface area contributed by atoms with Crippen molar-refractivity contribution in [3.63, 3.8) is 0 Å². The number of hydrogen-bond donors (Lipinski definition) is 1. The maximum absolute atomic E-state index is 8.43. The first-order chi connectivity index (χ1) is 4.93. The normalized spacial score (nSPS) is 20.9. The van der Waals surface area contributed by atoms with Gasteiger partial charge in [0.25, 0.3) is 0 Å². The molecule has 1 rings (SSSR count). The molecular weight excluding hydrogens is 126 g/mol. The Hall–Kier alpha value is -0.340. The Bertz CT molecular complexity index is 106. The van der Waals surface area contributed by atoms with Crippen LogP contribution in [0, 0.1) is 0 Å². The van der Waals surface area contributed by atoms with Crippen LogP contribution in [0.3, 0.4) is 0 Å². The summed E-state index contributed by atoms with van der Waals surface area (Å²) in [5, 5.41) is 8.43. The fourth-order valence-corrected chi connectivity index (χ4v) is 1.26. The van der Waals surface area contributed by atoms with E-state index < -0.39 is 0 Å². The maximum atomic E-state index is 8.43. The van der Waals surface area contributed by atoms with E-state index in [1.807, 2.05) is 6.08 Å². The second-order valence-electron chi connectivity index (χ2n) is 2.66. The average molecular weight is 141 g/mol. The third-order valence-electron chi connectivity index (χ3n) is 1.83. The van der Waals surface area contributed by atoms with Crippen molar-refractivity contribution in [3.8, 4) is 0 Å². The van der Waals surface area contributed by atoms with Crippen LogP contribution in [-0.2, 0) is 0 Å². The van der Waals surface area contributed by atoms with Crippen LogP contribution in [0.2, 0.25) is 0 Å². The molecule has 2 heteroatoms. The van der Waals surface area contributed by atoms with E-state index in [0.717, 1.165) is 6.54 Å². The predicted molar refractivity (Wildman–Crippen MR) is 41.9 cm³/mol. The Morgan fingerprint density at radius 1 is 1.20 bits per heavy atom. The smallest absolute Gasteiger partial charge is 0.0612 e. The Morgan fingerprint density at radius 2 is 1.90 bits per heavy atom. The summed E-state index contributed by atoms with van der Waals surface area (Å²) < 4.78 is 0. The van der Waals surface area contributed by atoms with Crippen molar-refractivity contribution in [2.45, 2.75) is 12.8 Å². The van der Waals surface area contributed by atoms with Crippen molar-refractivity contribution in [1.82, 2.24) is 4.90 Å². The molecule has 1 aliphatic heterocycles. The van der Waals surface area contributed by atoms with Crippen LogP contribution in [0.15, 0.2) is 12.2 Å². The number of hydrogen-bond acceptors (Lipinski definition) is 2. The zero-order chi connectivity index (χ0) is 7.23. The standard InChI is InChI=1S/C8H15NO/c10-8-4-3-7-9-5-1-2-6-9/h3-4,10H,1-2,5-8H2/b4-3-. The van der Waals surface area contributed by atoms with Crippen molar-refractivity contribution in [2.75, 3.05) is 26.2 Å². The third-order valence-corrected chi connectivity index (χ3v) is 1.83. The molecule has 10 heavy (non-hydrogen) atoms. The molecule has 0 aromatic heterocycles. The number of aliphatic hydroxyl groups excluding tert-OH is 1. The molecule has 0 aromatic rings. The molecule has 58 valence electrons. The van der Waals surface area contributed by atoms with E-state index in [-0.39, 0.29) is 6.61 Å². The van der Waals surface area contributed by atoms with Crippen LogP contribution >= 0.6 is 0 Å². The topological polar surface area (TPSA) is 23.5 Å². The summed E-state index contributed by atoms with van der Waals surface area (Å²) in [7, 11) is 0. The molecule has 2 nitrogen and oxygen atoms in total. The van der Waals surface area contributed by atoms with E-state index >= 15 is 0 Å². The van der Waals surface area contributed by atoms with Gasteiger partial charge in [-0.3, -0.25) is 4.90 Å². The quantitative estimate of drug-likeness (QED) is 0.583. The summed E-state index contributed by atoms with van der Waals surface area (Å²) in [5.74, 6) is 0. The van der Waals surface area contributed by atoms with E-state index in [1.54, 1.807) is 6.08 Å². The molecule has 0 aromatic carbocycles. The molecule has 1 saturated heterocycles. The lowest BCUT2D eigenvalue weighted by Crippen LogP contribution is -2.18. The molecule has 0 spiro atoms. The summed E-state index contributed by atoms with van der Waals surface area (Å²) >= 11 is 0. The highest BCUT2D eigenvalue weighted by Gasteiger charge is 2.08. The fourth-order valence-electron chi connectivity index (χ4n) is 1.26. The van der Waals surface area contributed by atoms with Crippen LogP contribution < -0.4 is 0 Å². The van der Waals surface area contributed by atoms with E-state index in [0.29, 0.717) is 0 Å². The predicted octanol–water partition coefficient (Wildman–Crippen LogP) is 0.631. The lowest BCUT2D eigenvalue weighted by atomic mass is 10.4. The van der Waals surface area contributed by atoms with Crippen molar-refractivity contribution in [1.29, 1.82) is 0 Å². The van der Waals surface area contributed by atoms with Crippen LogP contribution in [0.5, 0.6) is 0 Å². The van der Waals surface area contributed by atoms with Gasteiger partial charge in [-0.1, -0.05) is 12.2 Å². The van der Waals surface area contributed by atoms with Crippen LogP contribution in [0.4, 0.5) is 0 Å². The minimum atomic E-state index is 0.174. The SMILES string of the molecule is OC/C=C\CN1CCCC1. The highest BCUT2D eigenvalue weighted by atomic mass is 16.2. The molecule has 0 bridgehead atoms. The summed E-state index contributed by atoms with van der Waals surface area (Å²) in [6.45, 7) is 3.65. The molecule has 0 aliphatic carbocycles. The van der Waals surface area contributed by atoms with E-state index in [4.69, 9.17) is 5.11 Å². The first-order valence-corrected chi connectivity index (χ1v) is 3.91. The van der Waals surface area contributed by atoms with E-state index in [2.05, 4.69) is 4.90 Å². The Morgan fingerprint density at radius 3 is 2.50 bits per heavy atom. The maximum Gasteiger partial charge on any atom is 0.0612 e.